The van der Waals surface area contributed by atoms with Gasteiger partial charge in [0.05, 0.1) is 5.69 Å². The smallest absolute Gasteiger partial charge is 0.238 e. The van der Waals surface area contributed by atoms with Gasteiger partial charge in [0.25, 0.3) is 0 Å². The molecule has 1 aliphatic heterocycles. The first-order valence-electron chi connectivity index (χ1n) is 8.34. The van der Waals surface area contributed by atoms with Crippen LogP contribution in [0.3, 0.4) is 0 Å². The summed E-state index contributed by atoms with van der Waals surface area (Å²) in [7, 11) is 0. The van der Waals surface area contributed by atoms with Gasteiger partial charge >= 0.3 is 0 Å². The molecule has 2 amide bonds. The minimum atomic E-state index is -0.662. The number of amidine groups is 1. The van der Waals surface area contributed by atoms with Crippen LogP contribution in [0.4, 0.5) is 20.2 Å². The SMILES string of the molecule is CCN1C(=O)C[C@H](C(=O)Nc2ccc(F)cc2)SC1=Nc1ccc(F)cc1. The average molecular weight is 389 g/mol. The van der Waals surface area contributed by atoms with Crippen LogP contribution in [0.15, 0.2) is 53.5 Å². The molecule has 5 nitrogen and oxygen atoms in total. The number of nitrogens with zero attached hydrogens (tertiary/aromatic N) is 2. The molecule has 0 radical (unpaired) electrons. The molecule has 2 aromatic carbocycles. The number of nitrogens with one attached hydrogen (secondary N) is 1. The number of carbonyl (C=O) groups is 2. The molecule has 0 aliphatic carbocycles. The van der Waals surface area contributed by atoms with E-state index in [4.69, 9.17) is 0 Å². The Morgan fingerprint density at radius 2 is 1.74 bits per heavy atom. The van der Waals surface area contributed by atoms with Crippen molar-refractivity contribution in [2.45, 2.75) is 18.6 Å². The zero-order chi connectivity index (χ0) is 19.4. The van der Waals surface area contributed by atoms with Crippen molar-refractivity contribution in [1.82, 2.24) is 4.90 Å². The van der Waals surface area contributed by atoms with Crippen molar-refractivity contribution in [1.29, 1.82) is 0 Å². The van der Waals surface area contributed by atoms with Crippen molar-refractivity contribution in [3.05, 3.63) is 60.2 Å². The molecule has 3 rings (SSSR count). The van der Waals surface area contributed by atoms with Gasteiger partial charge in [0.2, 0.25) is 11.8 Å². The van der Waals surface area contributed by atoms with Crippen molar-refractivity contribution < 1.29 is 18.4 Å². The lowest BCUT2D eigenvalue weighted by molar-refractivity contribution is -0.129. The molecule has 1 fully saturated rings. The zero-order valence-corrected chi connectivity index (χ0v) is 15.3. The minimum Gasteiger partial charge on any atom is -0.325 e. The summed E-state index contributed by atoms with van der Waals surface area (Å²) in [6.45, 7) is 2.23. The number of benzene rings is 2. The molecule has 27 heavy (non-hydrogen) atoms. The van der Waals surface area contributed by atoms with Crippen molar-refractivity contribution >= 4 is 40.1 Å². The molecule has 1 saturated heterocycles. The fraction of sp³-hybridized carbons (Fsp3) is 0.211. The molecule has 1 N–H and O–H groups in total. The van der Waals surface area contributed by atoms with E-state index in [-0.39, 0.29) is 24.1 Å². The Morgan fingerprint density at radius 3 is 2.33 bits per heavy atom. The molecule has 8 heteroatoms. The summed E-state index contributed by atoms with van der Waals surface area (Å²) >= 11 is 1.17. The molecular weight excluding hydrogens is 372 g/mol. The Morgan fingerprint density at radius 1 is 1.15 bits per heavy atom. The van der Waals surface area contributed by atoms with Gasteiger partial charge in [-0.1, -0.05) is 11.8 Å². The third kappa shape index (κ3) is 4.71. The van der Waals surface area contributed by atoms with Crippen LogP contribution in [-0.2, 0) is 9.59 Å². The van der Waals surface area contributed by atoms with Crippen LogP contribution >= 0.6 is 11.8 Å². The summed E-state index contributed by atoms with van der Waals surface area (Å²) in [5.74, 6) is -1.35. The predicted molar refractivity (Wildman–Crippen MR) is 102 cm³/mol. The summed E-state index contributed by atoms with van der Waals surface area (Å²) < 4.78 is 26.1. The first-order chi connectivity index (χ1) is 13.0. The highest BCUT2D eigenvalue weighted by Crippen LogP contribution is 2.29. The lowest BCUT2D eigenvalue weighted by Gasteiger charge is -2.30. The number of carbonyl (C=O) groups excluding carboxylic acids is 2. The van der Waals surface area contributed by atoms with Gasteiger partial charge in [-0.2, -0.15) is 0 Å². The first-order valence-corrected chi connectivity index (χ1v) is 9.22. The fourth-order valence-corrected chi connectivity index (χ4v) is 3.70. The number of amides is 2. The van der Waals surface area contributed by atoms with Crippen LogP contribution in [-0.4, -0.2) is 33.7 Å². The van der Waals surface area contributed by atoms with E-state index in [1.807, 2.05) is 6.92 Å². The maximum absolute atomic E-state index is 13.1. The van der Waals surface area contributed by atoms with Crippen molar-refractivity contribution in [3.63, 3.8) is 0 Å². The number of thioether (sulfide) groups is 1. The zero-order valence-electron chi connectivity index (χ0n) is 14.5. The second-order valence-corrected chi connectivity index (χ2v) is 6.99. The molecule has 0 unspecified atom stereocenters. The van der Waals surface area contributed by atoms with Gasteiger partial charge in [-0.15, -0.1) is 0 Å². The molecule has 140 valence electrons. The fourth-order valence-electron chi connectivity index (χ4n) is 2.53. The van der Waals surface area contributed by atoms with Crippen molar-refractivity contribution in [2.24, 2.45) is 4.99 Å². The van der Waals surface area contributed by atoms with Crippen LogP contribution in [0.1, 0.15) is 13.3 Å². The van der Waals surface area contributed by atoms with Crippen LogP contribution in [0, 0.1) is 11.6 Å². The van der Waals surface area contributed by atoms with E-state index in [1.54, 1.807) is 0 Å². The lowest BCUT2D eigenvalue weighted by atomic mass is 10.2. The summed E-state index contributed by atoms with van der Waals surface area (Å²) in [5, 5.41) is 2.41. The monoisotopic (exact) mass is 389 g/mol. The van der Waals surface area contributed by atoms with Gasteiger partial charge in [0, 0.05) is 18.7 Å². The number of halogens is 2. The summed E-state index contributed by atoms with van der Waals surface area (Å²) in [5.41, 5.74) is 0.939. The highest BCUT2D eigenvalue weighted by Gasteiger charge is 2.35. The summed E-state index contributed by atoms with van der Waals surface area (Å²) in [4.78, 5) is 30.9. The maximum Gasteiger partial charge on any atom is 0.238 e. The standard InChI is InChI=1S/C19H17F2N3O2S/c1-2-24-17(25)11-16(18(26)22-14-7-3-12(20)4-8-14)27-19(24)23-15-9-5-13(21)6-10-15/h3-10,16H,2,11H2,1H3,(H,22,26)/t16-/m1/s1. The Labute approximate surface area is 159 Å². The molecule has 0 saturated carbocycles. The molecule has 1 atom stereocenters. The van der Waals surface area contributed by atoms with Crippen molar-refractivity contribution in [2.75, 3.05) is 11.9 Å². The molecule has 2 aromatic rings. The Kier molecular flexibility index (Phi) is 5.85. The number of hydrogen-bond acceptors (Lipinski definition) is 4. The molecule has 1 heterocycles. The summed E-state index contributed by atoms with van der Waals surface area (Å²) in [6, 6.07) is 11.0. The summed E-state index contributed by atoms with van der Waals surface area (Å²) in [6.07, 6.45) is 0.0357. The predicted octanol–water partition coefficient (Wildman–Crippen LogP) is 3.95. The number of aliphatic imine (C=N–C) groups is 1. The maximum atomic E-state index is 13.1. The van der Waals surface area contributed by atoms with Gasteiger partial charge in [0.15, 0.2) is 5.17 Å². The molecular formula is C19H17F2N3O2S. The topological polar surface area (TPSA) is 61.8 Å². The average Bonchev–Trinajstić information content (AvgIpc) is 2.65. The third-order valence-electron chi connectivity index (χ3n) is 3.91. The normalized spacial score (nSPS) is 18.6. The number of hydrogen-bond donors (Lipinski definition) is 1. The number of rotatable bonds is 4. The van der Waals surface area contributed by atoms with Crippen molar-refractivity contribution in [3.8, 4) is 0 Å². The molecule has 0 bridgehead atoms. The second kappa shape index (κ2) is 8.30. The van der Waals surface area contributed by atoms with Gasteiger partial charge in [0.1, 0.15) is 16.9 Å². The highest BCUT2D eigenvalue weighted by molar-refractivity contribution is 8.15. The molecule has 0 aromatic heterocycles. The van der Waals surface area contributed by atoms with Gasteiger partial charge in [-0.05, 0) is 55.5 Å². The van der Waals surface area contributed by atoms with Gasteiger partial charge in [-0.25, -0.2) is 13.8 Å². The minimum absolute atomic E-state index is 0.0357. The van der Waals surface area contributed by atoms with Crippen LogP contribution < -0.4 is 5.32 Å². The van der Waals surface area contributed by atoms with E-state index in [9.17, 15) is 18.4 Å². The van der Waals surface area contributed by atoms with Crippen LogP contribution in [0.25, 0.3) is 0 Å². The van der Waals surface area contributed by atoms with E-state index in [1.165, 1.54) is 65.2 Å². The molecule has 0 spiro atoms. The van der Waals surface area contributed by atoms with E-state index in [0.29, 0.717) is 23.1 Å². The second-order valence-electron chi connectivity index (χ2n) is 5.82. The first kappa shape index (κ1) is 19.0. The quantitative estimate of drug-likeness (QED) is 0.861. The van der Waals surface area contributed by atoms with E-state index < -0.39 is 11.1 Å². The lowest BCUT2D eigenvalue weighted by Crippen LogP contribution is -2.45. The molecule has 1 aliphatic rings. The Balaban J connectivity index is 1.79. The Hall–Kier alpha value is -2.74. The van der Waals surface area contributed by atoms with E-state index in [0.717, 1.165) is 0 Å². The highest BCUT2D eigenvalue weighted by atomic mass is 32.2. The van der Waals surface area contributed by atoms with E-state index >= 15 is 0 Å². The van der Waals surface area contributed by atoms with Crippen LogP contribution in [0.2, 0.25) is 0 Å². The van der Waals surface area contributed by atoms with E-state index in [2.05, 4.69) is 10.3 Å². The number of anilines is 1. The van der Waals surface area contributed by atoms with Gasteiger partial charge < -0.3 is 5.32 Å². The third-order valence-corrected chi connectivity index (χ3v) is 5.10. The largest absolute Gasteiger partial charge is 0.325 e. The Bertz CT molecular complexity index is 870. The van der Waals surface area contributed by atoms with Gasteiger partial charge in [-0.3, -0.25) is 14.5 Å². The van der Waals surface area contributed by atoms with Crippen LogP contribution in [0.5, 0.6) is 0 Å².